The Morgan fingerprint density at radius 1 is 1.23 bits per heavy atom. The number of methoxy groups -OCH3 is 1. The van der Waals surface area contributed by atoms with Crippen molar-refractivity contribution in [1.29, 1.82) is 0 Å². The van der Waals surface area contributed by atoms with Gasteiger partial charge in [0, 0.05) is 6.08 Å². The van der Waals surface area contributed by atoms with Crippen molar-refractivity contribution in [3.05, 3.63) is 46.9 Å². The fourth-order valence-corrected chi connectivity index (χ4v) is 2.27. The van der Waals surface area contributed by atoms with Crippen molar-refractivity contribution in [2.24, 2.45) is 0 Å². The maximum absolute atomic E-state index is 11.8. The van der Waals surface area contributed by atoms with Crippen LogP contribution < -0.4 is 9.47 Å². The molecule has 0 amide bonds. The van der Waals surface area contributed by atoms with Gasteiger partial charge in [0.15, 0.2) is 11.5 Å². The van der Waals surface area contributed by atoms with Gasteiger partial charge in [-0.3, -0.25) is 0 Å². The minimum absolute atomic E-state index is 0.338. The van der Waals surface area contributed by atoms with E-state index in [2.05, 4.69) is 5.16 Å². The molecule has 0 unspecified atom stereocenters. The lowest BCUT2D eigenvalue weighted by molar-refractivity contribution is -0.148. The van der Waals surface area contributed by atoms with E-state index in [0.717, 1.165) is 22.6 Å². The van der Waals surface area contributed by atoms with Crippen LogP contribution in [0, 0.1) is 13.8 Å². The predicted octanol–water partition coefficient (Wildman–Crippen LogP) is 4.23. The topological polar surface area (TPSA) is 70.8 Å². The molecule has 0 N–H and O–H groups in total. The highest BCUT2D eigenvalue weighted by molar-refractivity contribution is 5.87. The Hall–Kier alpha value is -2.76. The minimum atomic E-state index is -0.519. The van der Waals surface area contributed by atoms with E-state index in [9.17, 15) is 4.79 Å². The summed E-state index contributed by atoms with van der Waals surface area (Å²) in [6.07, 6.45) is 3.07. The molecule has 0 aliphatic rings. The quantitative estimate of drug-likeness (QED) is 0.568. The van der Waals surface area contributed by atoms with Gasteiger partial charge in [-0.1, -0.05) is 11.2 Å². The standard InChI is InChI=1S/C20H25NO5/c1-13-16(14(2)26-21-13)12-24-17-9-7-15(11-18(17)23-6)8-10-19(22)25-20(3,4)5/h7-11H,12H2,1-6H3/b10-8+. The van der Waals surface area contributed by atoms with Gasteiger partial charge in [0.1, 0.15) is 18.0 Å². The third-order valence-corrected chi connectivity index (χ3v) is 3.56. The van der Waals surface area contributed by atoms with Crippen LogP contribution in [0.15, 0.2) is 28.8 Å². The molecule has 6 heteroatoms. The molecule has 0 fully saturated rings. The molecule has 0 aliphatic heterocycles. The molecule has 1 heterocycles. The molecule has 0 atom stereocenters. The number of ether oxygens (including phenoxy) is 3. The van der Waals surface area contributed by atoms with Gasteiger partial charge in [0.2, 0.25) is 0 Å². The van der Waals surface area contributed by atoms with Gasteiger partial charge in [0.05, 0.1) is 18.4 Å². The van der Waals surface area contributed by atoms with Crippen molar-refractivity contribution >= 4 is 12.0 Å². The number of hydrogen-bond acceptors (Lipinski definition) is 6. The second-order valence-electron chi connectivity index (χ2n) is 6.87. The number of carbonyl (C=O) groups is 1. The zero-order valence-electron chi connectivity index (χ0n) is 16.1. The molecule has 1 aromatic carbocycles. The van der Waals surface area contributed by atoms with Crippen molar-refractivity contribution in [3.63, 3.8) is 0 Å². The average Bonchev–Trinajstić information content (AvgIpc) is 2.88. The Labute approximate surface area is 153 Å². The summed E-state index contributed by atoms with van der Waals surface area (Å²) in [6.45, 7) is 9.54. The number of carbonyl (C=O) groups excluding carboxylic acids is 1. The molecule has 1 aromatic heterocycles. The van der Waals surface area contributed by atoms with Gasteiger partial charge in [0.25, 0.3) is 0 Å². The number of nitrogens with zero attached hydrogens (tertiary/aromatic N) is 1. The number of rotatable bonds is 6. The van der Waals surface area contributed by atoms with Crippen LogP contribution in [-0.2, 0) is 16.1 Å². The first-order valence-corrected chi connectivity index (χ1v) is 8.33. The molecule has 26 heavy (non-hydrogen) atoms. The van der Waals surface area contributed by atoms with Crippen LogP contribution in [0.4, 0.5) is 0 Å². The van der Waals surface area contributed by atoms with Gasteiger partial charge in [-0.2, -0.15) is 0 Å². The highest BCUT2D eigenvalue weighted by atomic mass is 16.6. The number of aryl methyl sites for hydroxylation is 2. The van der Waals surface area contributed by atoms with Crippen LogP contribution in [-0.4, -0.2) is 23.8 Å². The highest BCUT2D eigenvalue weighted by Gasteiger charge is 2.14. The SMILES string of the molecule is COc1cc(/C=C/C(=O)OC(C)(C)C)ccc1OCc1c(C)noc1C. The fraction of sp³-hybridized carbons (Fsp3) is 0.400. The number of aromatic nitrogens is 1. The number of benzene rings is 1. The maximum atomic E-state index is 11.8. The predicted molar refractivity (Wildman–Crippen MR) is 98.2 cm³/mol. The molecule has 0 saturated carbocycles. The van der Waals surface area contributed by atoms with Crippen molar-refractivity contribution in [3.8, 4) is 11.5 Å². The van der Waals surface area contributed by atoms with Crippen molar-refractivity contribution in [1.82, 2.24) is 5.16 Å². The van der Waals surface area contributed by atoms with Gasteiger partial charge in [-0.25, -0.2) is 4.79 Å². The second kappa shape index (κ2) is 8.08. The first kappa shape index (κ1) is 19.6. The molecular formula is C20H25NO5. The summed E-state index contributed by atoms with van der Waals surface area (Å²) in [5.74, 6) is 1.51. The Morgan fingerprint density at radius 3 is 2.54 bits per heavy atom. The molecule has 0 radical (unpaired) electrons. The van der Waals surface area contributed by atoms with E-state index in [4.69, 9.17) is 18.7 Å². The van der Waals surface area contributed by atoms with Crippen LogP contribution in [0.25, 0.3) is 6.08 Å². The normalized spacial score (nSPS) is 11.6. The maximum Gasteiger partial charge on any atom is 0.331 e. The smallest absolute Gasteiger partial charge is 0.331 e. The summed E-state index contributed by atoms with van der Waals surface area (Å²) >= 11 is 0. The molecule has 2 rings (SSSR count). The Morgan fingerprint density at radius 2 is 1.96 bits per heavy atom. The average molecular weight is 359 g/mol. The van der Waals surface area contributed by atoms with E-state index in [1.165, 1.54) is 6.08 Å². The summed E-state index contributed by atoms with van der Waals surface area (Å²) in [5.41, 5.74) is 2.01. The van der Waals surface area contributed by atoms with Crippen LogP contribution in [0.3, 0.4) is 0 Å². The molecular weight excluding hydrogens is 334 g/mol. The number of esters is 1. The first-order chi connectivity index (χ1) is 12.2. The Balaban J connectivity index is 2.08. The molecule has 0 spiro atoms. The van der Waals surface area contributed by atoms with Crippen molar-refractivity contribution in [2.45, 2.75) is 46.8 Å². The lowest BCUT2D eigenvalue weighted by Gasteiger charge is -2.17. The van der Waals surface area contributed by atoms with E-state index in [0.29, 0.717) is 18.1 Å². The van der Waals surface area contributed by atoms with Crippen LogP contribution in [0.1, 0.15) is 43.4 Å². The monoisotopic (exact) mass is 359 g/mol. The summed E-state index contributed by atoms with van der Waals surface area (Å²) < 4.78 is 21.6. The highest BCUT2D eigenvalue weighted by Crippen LogP contribution is 2.30. The first-order valence-electron chi connectivity index (χ1n) is 8.33. The zero-order chi connectivity index (χ0) is 19.3. The fourth-order valence-electron chi connectivity index (χ4n) is 2.27. The van der Waals surface area contributed by atoms with Gasteiger partial charge in [-0.05, 0) is 58.4 Å². The van der Waals surface area contributed by atoms with Gasteiger partial charge < -0.3 is 18.7 Å². The van der Waals surface area contributed by atoms with E-state index >= 15 is 0 Å². The minimum Gasteiger partial charge on any atom is -0.493 e. The van der Waals surface area contributed by atoms with Crippen molar-refractivity contribution < 1.29 is 23.5 Å². The Kier molecular flexibility index (Phi) is 6.08. The van der Waals surface area contributed by atoms with E-state index in [-0.39, 0.29) is 0 Å². The molecule has 0 aliphatic carbocycles. The molecule has 2 aromatic rings. The largest absolute Gasteiger partial charge is 0.493 e. The summed E-state index contributed by atoms with van der Waals surface area (Å²) in [5, 5.41) is 3.91. The third-order valence-electron chi connectivity index (χ3n) is 3.56. The van der Waals surface area contributed by atoms with Crippen LogP contribution >= 0.6 is 0 Å². The van der Waals surface area contributed by atoms with Gasteiger partial charge in [-0.15, -0.1) is 0 Å². The molecule has 0 saturated heterocycles. The Bertz CT molecular complexity index is 780. The van der Waals surface area contributed by atoms with Crippen LogP contribution in [0.2, 0.25) is 0 Å². The third kappa shape index (κ3) is 5.37. The summed E-state index contributed by atoms with van der Waals surface area (Å²) in [7, 11) is 1.57. The van der Waals surface area contributed by atoms with E-state index < -0.39 is 11.6 Å². The summed E-state index contributed by atoms with van der Waals surface area (Å²) in [4.78, 5) is 11.8. The van der Waals surface area contributed by atoms with Crippen molar-refractivity contribution in [2.75, 3.05) is 7.11 Å². The molecule has 0 bridgehead atoms. The lowest BCUT2D eigenvalue weighted by Crippen LogP contribution is -2.22. The summed E-state index contributed by atoms with van der Waals surface area (Å²) in [6, 6.07) is 5.43. The van der Waals surface area contributed by atoms with E-state index in [1.54, 1.807) is 25.3 Å². The van der Waals surface area contributed by atoms with Gasteiger partial charge >= 0.3 is 5.97 Å². The lowest BCUT2D eigenvalue weighted by atomic mass is 10.1. The molecule has 140 valence electrons. The van der Waals surface area contributed by atoms with E-state index in [1.807, 2.05) is 40.7 Å². The number of hydrogen-bond donors (Lipinski definition) is 0. The zero-order valence-corrected chi connectivity index (χ0v) is 16.1. The second-order valence-corrected chi connectivity index (χ2v) is 6.87. The van der Waals surface area contributed by atoms with Crippen LogP contribution in [0.5, 0.6) is 11.5 Å². The molecule has 6 nitrogen and oxygen atoms in total.